The number of halogens is 1. The van der Waals surface area contributed by atoms with Crippen LogP contribution in [0.15, 0.2) is 28.9 Å². The highest BCUT2D eigenvalue weighted by atomic mass is 79.9. The molecule has 20 heavy (non-hydrogen) atoms. The van der Waals surface area contributed by atoms with Crippen LogP contribution in [0, 0.1) is 13.8 Å². The first-order chi connectivity index (χ1) is 9.52. The van der Waals surface area contributed by atoms with Gasteiger partial charge in [-0.15, -0.1) is 0 Å². The molecule has 1 heterocycles. The van der Waals surface area contributed by atoms with Gasteiger partial charge >= 0.3 is 0 Å². The van der Waals surface area contributed by atoms with Crippen LogP contribution in [0.25, 0.3) is 0 Å². The van der Waals surface area contributed by atoms with E-state index in [1.165, 1.54) is 5.56 Å². The summed E-state index contributed by atoms with van der Waals surface area (Å²) in [6.07, 6.45) is 1.75. The molecule has 1 aromatic heterocycles. The Bertz CT molecular complexity index is 634. The van der Waals surface area contributed by atoms with Gasteiger partial charge in [0.25, 0.3) is 5.91 Å². The molecule has 2 rings (SSSR count). The average Bonchev–Trinajstić information content (AvgIpc) is 2.79. The number of amides is 1. The van der Waals surface area contributed by atoms with Gasteiger partial charge in [-0.25, -0.2) is 0 Å². The van der Waals surface area contributed by atoms with Crippen molar-refractivity contribution in [3.8, 4) is 0 Å². The van der Waals surface area contributed by atoms with Gasteiger partial charge in [0.2, 0.25) is 0 Å². The van der Waals surface area contributed by atoms with Crippen molar-refractivity contribution in [3.05, 3.63) is 51.3 Å². The van der Waals surface area contributed by atoms with Crippen LogP contribution in [0.1, 0.15) is 34.1 Å². The lowest BCUT2D eigenvalue weighted by Crippen LogP contribution is -2.24. The fourth-order valence-corrected chi connectivity index (χ4v) is 2.42. The first-order valence-electron chi connectivity index (χ1n) is 6.58. The number of benzene rings is 1. The Balaban J connectivity index is 2.08. The van der Waals surface area contributed by atoms with E-state index in [-0.39, 0.29) is 5.91 Å². The normalized spacial score (nSPS) is 10.6. The Morgan fingerprint density at radius 1 is 1.35 bits per heavy atom. The quantitative estimate of drug-likeness (QED) is 0.932. The van der Waals surface area contributed by atoms with E-state index in [9.17, 15) is 4.79 Å². The molecule has 2 aromatic rings. The minimum absolute atomic E-state index is 0.0659. The molecule has 0 aliphatic rings. The zero-order chi connectivity index (χ0) is 14.7. The maximum absolute atomic E-state index is 12.2. The van der Waals surface area contributed by atoms with Gasteiger partial charge in [-0.2, -0.15) is 5.10 Å². The lowest BCUT2D eigenvalue weighted by Gasteiger charge is -2.09. The molecule has 0 bridgehead atoms. The third-order valence-corrected chi connectivity index (χ3v) is 4.05. The maximum Gasteiger partial charge on any atom is 0.251 e. The number of rotatable bonds is 4. The van der Waals surface area contributed by atoms with Gasteiger partial charge in [0.05, 0.1) is 22.9 Å². The van der Waals surface area contributed by atoms with Crippen LogP contribution >= 0.6 is 15.9 Å². The summed E-state index contributed by atoms with van der Waals surface area (Å²) in [5.41, 5.74) is 3.97. The van der Waals surface area contributed by atoms with Crippen molar-refractivity contribution in [2.75, 3.05) is 0 Å². The second-order valence-corrected chi connectivity index (χ2v) is 5.59. The van der Waals surface area contributed by atoms with Crippen LogP contribution in [0.4, 0.5) is 0 Å². The highest BCUT2D eigenvalue weighted by Crippen LogP contribution is 2.16. The molecule has 0 radical (unpaired) electrons. The van der Waals surface area contributed by atoms with E-state index in [2.05, 4.69) is 26.3 Å². The number of aryl methyl sites for hydroxylation is 3. The van der Waals surface area contributed by atoms with Gasteiger partial charge in [-0.1, -0.05) is 6.07 Å². The summed E-state index contributed by atoms with van der Waals surface area (Å²) in [6.45, 7) is 7.30. The van der Waals surface area contributed by atoms with Gasteiger partial charge < -0.3 is 5.32 Å². The van der Waals surface area contributed by atoms with Gasteiger partial charge in [-0.05, 0) is 60.0 Å². The van der Waals surface area contributed by atoms with E-state index in [0.29, 0.717) is 12.1 Å². The molecule has 0 saturated carbocycles. The number of nitrogens with one attached hydrogen (secondary N) is 1. The number of aromatic nitrogens is 2. The van der Waals surface area contributed by atoms with E-state index in [1.54, 1.807) is 6.20 Å². The summed E-state index contributed by atoms with van der Waals surface area (Å²) in [6, 6.07) is 5.73. The fourth-order valence-electron chi connectivity index (χ4n) is 1.98. The first-order valence-corrected chi connectivity index (χ1v) is 7.38. The molecule has 0 fully saturated rings. The third kappa shape index (κ3) is 3.10. The second kappa shape index (κ2) is 6.22. The molecule has 0 unspecified atom stereocenters. The van der Waals surface area contributed by atoms with Gasteiger partial charge in [0.15, 0.2) is 0 Å². The molecule has 5 heteroatoms. The number of carbonyl (C=O) groups excluding carboxylic acids is 1. The zero-order valence-corrected chi connectivity index (χ0v) is 13.5. The third-order valence-electron chi connectivity index (χ3n) is 3.38. The van der Waals surface area contributed by atoms with Crippen molar-refractivity contribution < 1.29 is 4.79 Å². The second-order valence-electron chi connectivity index (χ2n) is 4.74. The SMILES string of the molecule is CCn1ncc(Br)c1CNC(=O)c1ccc(C)c(C)c1. The van der Waals surface area contributed by atoms with E-state index >= 15 is 0 Å². The predicted molar refractivity (Wildman–Crippen MR) is 82.7 cm³/mol. The predicted octanol–water partition coefficient (Wildman–Crippen LogP) is 3.21. The van der Waals surface area contributed by atoms with Crippen LogP contribution in [-0.4, -0.2) is 15.7 Å². The molecule has 1 amide bonds. The lowest BCUT2D eigenvalue weighted by molar-refractivity contribution is 0.0949. The van der Waals surface area contributed by atoms with Crippen LogP contribution in [0.2, 0.25) is 0 Å². The monoisotopic (exact) mass is 335 g/mol. The summed E-state index contributed by atoms with van der Waals surface area (Å²) < 4.78 is 2.78. The lowest BCUT2D eigenvalue weighted by atomic mass is 10.1. The van der Waals surface area contributed by atoms with E-state index < -0.39 is 0 Å². The Kier molecular flexibility index (Phi) is 4.60. The van der Waals surface area contributed by atoms with Crippen molar-refractivity contribution in [1.82, 2.24) is 15.1 Å². The van der Waals surface area contributed by atoms with Crippen molar-refractivity contribution in [1.29, 1.82) is 0 Å². The molecule has 0 spiro atoms. The Morgan fingerprint density at radius 2 is 2.10 bits per heavy atom. The van der Waals surface area contributed by atoms with E-state index in [4.69, 9.17) is 0 Å². The summed E-state index contributed by atoms with van der Waals surface area (Å²) in [5, 5.41) is 7.16. The standard InChI is InChI=1S/C15H18BrN3O/c1-4-19-14(13(16)8-18-19)9-17-15(20)12-6-5-10(2)11(3)7-12/h5-8H,4,9H2,1-3H3,(H,17,20). The van der Waals surface area contributed by atoms with Crippen LogP contribution < -0.4 is 5.32 Å². The molecule has 1 aromatic carbocycles. The topological polar surface area (TPSA) is 46.9 Å². The number of hydrogen-bond acceptors (Lipinski definition) is 2. The molecule has 1 N–H and O–H groups in total. The Labute approximate surface area is 127 Å². The highest BCUT2D eigenvalue weighted by Gasteiger charge is 2.11. The van der Waals surface area contributed by atoms with Crippen LogP contribution in [-0.2, 0) is 13.1 Å². The smallest absolute Gasteiger partial charge is 0.251 e. The van der Waals surface area contributed by atoms with Crippen molar-refractivity contribution in [3.63, 3.8) is 0 Å². The molecule has 0 saturated heterocycles. The van der Waals surface area contributed by atoms with Gasteiger partial charge in [-0.3, -0.25) is 9.48 Å². The molecule has 106 valence electrons. The van der Waals surface area contributed by atoms with E-state index in [1.807, 2.05) is 43.7 Å². The molecular weight excluding hydrogens is 318 g/mol. The largest absolute Gasteiger partial charge is 0.346 e. The van der Waals surface area contributed by atoms with Crippen molar-refractivity contribution in [2.24, 2.45) is 0 Å². The number of carbonyl (C=O) groups is 1. The minimum Gasteiger partial charge on any atom is -0.346 e. The van der Waals surface area contributed by atoms with Gasteiger partial charge in [0, 0.05) is 12.1 Å². The fraction of sp³-hybridized carbons (Fsp3) is 0.333. The molecule has 0 aliphatic heterocycles. The zero-order valence-electron chi connectivity index (χ0n) is 11.9. The van der Waals surface area contributed by atoms with Crippen molar-refractivity contribution >= 4 is 21.8 Å². The van der Waals surface area contributed by atoms with Crippen molar-refractivity contribution in [2.45, 2.75) is 33.9 Å². The molecule has 4 nitrogen and oxygen atoms in total. The van der Waals surface area contributed by atoms with Crippen LogP contribution in [0.5, 0.6) is 0 Å². The Hall–Kier alpha value is -1.62. The molecular formula is C15H18BrN3O. The number of hydrogen-bond donors (Lipinski definition) is 1. The highest BCUT2D eigenvalue weighted by molar-refractivity contribution is 9.10. The molecule has 0 atom stereocenters. The summed E-state index contributed by atoms with van der Waals surface area (Å²) in [5.74, 6) is -0.0659. The van der Waals surface area contributed by atoms with Gasteiger partial charge in [0.1, 0.15) is 0 Å². The minimum atomic E-state index is -0.0659. The maximum atomic E-state index is 12.2. The Morgan fingerprint density at radius 3 is 2.75 bits per heavy atom. The molecule has 0 aliphatic carbocycles. The summed E-state index contributed by atoms with van der Waals surface area (Å²) in [4.78, 5) is 12.2. The number of nitrogens with zero attached hydrogens (tertiary/aromatic N) is 2. The van der Waals surface area contributed by atoms with E-state index in [0.717, 1.165) is 22.3 Å². The van der Waals surface area contributed by atoms with Crippen LogP contribution in [0.3, 0.4) is 0 Å². The summed E-state index contributed by atoms with van der Waals surface area (Å²) in [7, 11) is 0. The first kappa shape index (κ1) is 14.8. The summed E-state index contributed by atoms with van der Waals surface area (Å²) >= 11 is 3.45. The average molecular weight is 336 g/mol.